The van der Waals surface area contributed by atoms with E-state index in [1.54, 1.807) is 0 Å². The molecule has 1 aromatic rings. The number of nitrogens with two attached hydrogens (primary N) is 1. The second kappa shape index (κ2) is 6.48. The van der Waals surface area contributed by atoms with E-state index in [9.17, 15) is 0 Å². The summed E-state index contributed by atoms with van der Waals surface area (Å²) in [5, 5.41) is 1.24. The Balaban J connectivity index is 2.06. The fourth-order valence-corrected chi connectivity index (χ4v) is 3.85. The molecule has 0 aromatic heterocycles. The summed E-state index contributed by atoms with van der Waals surface area (Å²) < 4.78 is 0. The van der Waals surface area contributed by atoms with Crippen molar-refractivity contribution in [1.29, 1.82) is 0 Å². The summed E-state index contributed by atoms with van der Waals surface area (Å²) in [7, 11) is 0. The first-order valence-electron chi connectivity index (χ1n) is 7.92. The van der Waals surface area contributed by atoms with Crippen LogP contribution in [0.5, 0.6) is 0 Å². The molecule has 1 fully saturated rings. The standard InChI is InChI=1S/C18H27Cl2N/c1-17(2,3)14-5-4-9-18(21,10-8-14)12-13-6-7-15(19)16(20)11-13/h6-7,11,14H,4-5,8-10,12,21H2,1-3H3. The highest BCUT2D eigenvalue weighted by Crippen LogP contribution is 2.40. The van der Waals surface area contributed by atoms with Gasteiger partial charge in [-0.25, -0.2) is 0 Å². The smallest absolute Gasteiger partial charge is 0.0595 e. The monoisotopic (exact) mass is 327 g/mol. The molecular formula is C18H27Cl2N. The summed E-state index contributed by atoms with van der Waals surface area (Å²) in [6, 6.07) is 5.89. The first-order chi connectivity index (χ1) is 9.70. The van der Waals surface area contributed by atoms with Crippen LogP contribution < -0.4 is 5.73 Å². The Bertz CT molecular complexity index is 492. The van der Waals surface area contributed by atoms with Crippen LogP contribution >= 0.6 is 23.2 Å². The lowest BCUT2D eigenvalue weighted by molar-refractivity contribution is 0.210. The van der Waals surface area contributed by atoms with Crippen molar-refractivity contribution in [2.45, 2.75) is 64.8 Å². The molecule has 0 heterocycles. The van der Waals surface area contributed by atoms with Crippen LogP contribution in [-0.2, 0) is 6.42 Å². The second-order valence-electron chi connectivity index (χ2n) is 7.78. The first-order valence-corrected chi connectivity index (χ1v) is 8.68. The van der Waals surface area contributed by atoms with Gasteiger partial charge in [-0.15, -0.1) is 0 Å². The Morgan fingerprint density at radius 3 is 2.48 bits per heavy atom. The molecule has 1 aliphatic rings. The molecular weight excluding hydrogens is 301 g/mol. The van der Waals surface area contributed by atoms with Gasteiger partial charge in [-0.3, -0.25) is 0 Å². The van der Waals surface area contributed by atoms with E-state index < -0.39 is 0 Å². The molecule has 0 bridgehead atoms. The molecule has 0 radical (unpaired) electrons. The topological polar surface area (TPSA) is 26.0 Å². The van der Waals surface area contributed by atoms with E-state index >= 15 is 0 Å². The molecule has 2 atom stereocenters. The summed E-state index contributed by atoms with van der Waals surface area (Å²) in [4.78, 5) is 0. The van der Waals surface area contributed by atoms with E-state index in [1.165, 1.54) is 24.8 Å². The van der Waals surface area contributed by atoms with Gasteiger partial charge < -0.3 is 5.73 Å². The lowest BCUT2D eigenvalue weighted by atomic mass is 9.76. The molecule has 0 saturated heterocycles. The van der Waals surface area contributed by atoms with Crippen LogP contribution in [0.25, 0.3) is 0 Å². The summed E-state index contributed by atoms with van der Waals surface area (Å²) in [6.45, 7) is 7.04. The van der Waals surface area contributed by atoms with Crippen LogP contribution in [0.4, 0.5) is 0 Å². The van der Waals surface area contributed by atoms with E-state index in [4.69, 9.17) is 28.9 Å². The molecule has 1 saturated carbocycles. The molecule has 0 amide bonds. The molecule has 1 aromatic carbocycles. The van der Waals surface area contributed by atoms with E-state index in [0.29, 0.717) is 15.5 Å². The minimum absolute atomic E-state index is 0.100. The highest BCUT2D eigenvalue weighted by atomic mass is 35.5. The second-order valence-corrected chi connectivity index (χ2v) is 8.60. The fourth-order valence-electron chi connectivity index (χ4n) is 3.53. The van der Waals surface area contributed by atoms with Crippen LogP contribution in [0.3, 0.4) is 0 Å². The van der Waals surface area contributed by atoms with Crippen molar-refractivity contribution in [2.24, 2.45) is 17.1 Å². The molecule has 2 unspecified atom stereocenters. The Morgan fingerprint density at radius 1 is 1.14 bits per heavy atom. The van der Waals surface area contributed by atoms with Gasteiger partial charge in [-0.1, -0.05) is 56.5 Å². The van der Waals surface area contributed by atoms with E-state index in [1.807, 2.05) is 12.1 Å². The average molecular weight is 328 g/mol. The third-order valence-corrected chi connectivity index (χ3v) is 5.72. The van der Waals surface area contributed by atoms with Crippen LogP contribution in [0, 0.1) is 11.3 Å². The van der Waals surface area contributed by atoms with Gasteiger partial charge in [0.1, 0.15) is 0 Å². The maximum atomic E-state index is 6.71. The lowest BCUT2D eigenvalue weighted by Gasteiger charge is -2.31. The highest BCUT2D eigenvalue weighted by Gasteiger charge is 2.33. The zero-order chi connectivity index (χ0) is 15.7. The van der Waals surface area contributed by atoms with Gasteiger partial charge in [0.25, 0.3) is 0 Å². The minimum Gasteiger partial charge on any atom is -0.325 e. The third kappa shape index (κ3) is 4.61. The fraction of sp³-hybridized carbons (Fsp3) is 0.667. The SMILES string of the molecule is CC(C)(C)C1CCCC(N)(Cc2ccc(Cl)c(Cl)c2)CC1. The maximum Gasteiger partial charge on any atom is 0.0595 e. The molecule has 2 N–H and O–H groups in total. The first kappa shape index (κ1) is 17.1. The summed E-state index contributed by atoms with van der Waals surface area (Å²) >= 11 is 12.1. The average Bonchev–Trinajstić information content (AvgIpc) is 2.55. The van der Waals surface area contributed by atoms with Crippen LogP contribution in [-0.4, -0.2) is 5.54 Å². The number of hydrogen-bond donors (Lipinski definition) is 1. The van der Waals surface area contributed by atoms with Crippen LogP contribution in [0.2, 0.25) is 10.0 Å². The van der Waals surface area contributed by atoms with E-state index in [0.717, 1.165) is 25.2 Å². The van der Waals surface area contributed by atoms with Gasteiger partial charge >= 0.3 is 0 Å². The van der Waals surface area contributed by atoms with E-state index in [-0.39, 0.29) is 5.54 Å². The third-order valence-electron chi connectivity index (χ3n) is 4.98. The Morgan fingerprint density at radius 2 is 1.86 bits per heavy atom. The Kier molecular flexibility index (Phi) is 5.28. The van der Waals surface area contributed by atoms with Gasteiger partial charge in [0.2, 0.25) is 0 Å². The molecule has 2 rings (SSSR count). The van der Waals surface area contributed by atoms with Crippen molar-refractivity contribution in [1.82, 2.24) is 0 Å². The molecule has 0 aliphatic heterocycles. The number of rotatable bonds is 2. The molecule has 1 nitrogen and oxygen atoms in total. The molecule has 1 aliphatic carbocycles. The predicted molar refractivity (Wildman–Crippen MR) is 93.1 cm³/mol. The minimum atomic E-state index is -0.100. The van der Waals surface area contributed by atoms with E-state index in [2.05, 4.69) is 26.8 Å². The van der Waals surface area contributed by atoms with Crippen LogP contribution in [0.1, 0.15) is 58.4 Å². The molecule has 21 heavy (non-hydrogen) atoms. The molecule has 0 spiro atoms. The zero-order valence-corrected chi connectivity index (χ0v) is 14.9. The summed E-state index contributed by atoms with van der Waals surface area (Å²) in [6.07, 6.45) is 6.82. The predicted octanol–water partition coefficient (Wildman–Crippen LogP) is 5.86. The van der Waals surface area contributed by atoms with Crippen molar-refractivity contribution in [3.05, 3.63) is 33.8 Å². The summed E-state index contributed by atoms with van der Waals surface area (Å²) in [5.74, 6) is 0.775. The zero-order valence-electron chi connectivity index (χ0n) is 13.4. The van der Waals surface area contributed by atoms with Crippen molar-refractivity contribution in [3.63, 3.8) is 0 Å². The summed E-state index contributed by atoms with van der Waals surface area (Å²) in [5.41, 5.74) is 8.19. The molecule has 3 heteroatoms. The Hall–Kier alpha value is -0.240. The number of halogens is 2. The molecule has 118 valence electrons. The van der Waals surface area contributed by atoms with Crippen molar-refractivity contribution < 1.29 is 0 Å². The number of hydrogen-bond acceptors (Lipinski definition) is 1. The van der Waals surface area contributed by atoms with Crippen molar-refractivity contribution in [3.8, 4) is 0 Å². The van der Waals surface area contributed by atoms with Crippen molar-refractivity contribution >= 4 is 23.2 Å². The van der Waals surface area contributed by atoms with Gasteiger partial charge in [0.05, 0.1) is 10.0 Å². The van der Waals surface area contributed by atoms with Gasteiger partial charge in [0.15, 0.2) is 0 Å². The maximum absolute atomic E-state index is 6.71. The largest absolute Gasteiger partial charge is 0.325 e. The highest BCUT2D eigenvalue weighted by molar-refractivity contribution is 6.42. The number of benzene rings is 1. The van der Waals surface area contributed by atoms with Crippen molar-refractivity contribution in [2.75, 3.05) is 0 Å². The van der Waals surface area contributed by atoms with Gasteiger partial charge in [-0.05, 0) is 61.1 Å². The Labute approximate surface area is 139 Å². The van der Waals surface area contributed by atoms with Gasteiger partial charge in [0, 0.05) is 5.54 Å². The quantitative estimate of drug-likeness (QED) is 0.676. The normalized spacial score (nSPS) is 27.4. The van der Waals surface area contributed by atoms with Crippen LogP contribution in [0.15, 0.2) is 18.2 Å². The lowest BCUT2D eigenvalue weighted by Crippen LogP contribution is -2.41. The van der Waals surface area contributed by atoms with Gasteiger partial charge in [-0.2, -0.15) is 0 Å².